The van der Waals surface area contributed by atoms with Crippen LogP contribution >= 0.6 is 0 Å². The smallest absolute Gasteiger partial charge is 0.227 e. The largest absolute Gasteiger partial charge is 0.492 e. The van der Waals surface area contributed by atoms with E-state index in [1.165, 1.54) is 6.42 Å². The van der Waals surface area contributed by atoms with Gasteiger partial charge in [-0.3, -0.25) is 4.79 Å². The number of fused-ring (bicyclic) bond motifs is 1. The quantitative estimate of drug-likeness (QED) is 0.895. The van der Waals surface area contributed by atoms with Crippen molar-refractivity contribution in [3.63, 3.8) is 0 Å². The zero-order chi connectivity index (χ0) is 14.7. The molecule has 21 heavy (non-hydrogen) atoms. The van der Waals surface area contributed by atoms with Crippen LogP contribution in [0, 0.1) is 5.92 Å². The Kier molecular flexibility index (Phi) is 4.15. The Morgan fingerprint density at radius 3 is 2.81 bits per heavy atom. The second-order valence-electron chi connectivity index (χ2n) is 6.31. The number of carbonyl (C=O) groups is 1. The average Bonchev–Trinajstić information content (AvgIpc) is 2.55. The Hall–Kier alpha value is -1.55. The first-order valence-electron chi connectivity index (χ1n) is 7.86. The number of aliphatic hydroxyl groups excluding tert-OH is 1. The Bertz CT molecular complexity index is 509. The highest BCUT2D eigenvalue weighted by Gasteiger charge is 2.36. The molecule has 0 bridgehead atoms. The Balaban J connectivity index is 1.66. The predicted octanol–water partition coefficient (Wildman–Crippen LogP) is 2.05. The zero-order valence-electron chi connectivity index (χ0n) is 12.3. The first-order valence-corrected chi connectivity index (χ1v) is 7.86. The molecule has 1 heterocycles. The van der Waals surface area contributed by atoms with Crippen LogP contribution in [-0.4, -0.2) is 29.8 Å². The van der Waals surface area contributed by atoms with E-state index in [0.717, 1.165) is 37.0 Å². The van der Waals surface area contributed by atoms with Crippen LogP contribution in [0.15, 0.2) is 24.3 Å². The van der Waals surface area contributed by atoms with Gasteiger partial charge in [-0.15, -0.1) is 0 Å². The van der Waals surface area contributed by atoms with Crippen molar-refractivity contribution < 1.29 is 14.6 Å². The molecule has 1 unspecified atom stereocenters. The molecule has 1 fully saturated rings. The van der Waals surface area contributed by atoms with Crippen molar-refractivity contribution in [3.8, 4) is 5.75 Å². The summed E-state index contributed by atoms with van der Waals surface area (Å²) in [6.45, 7) is 0.452. The van der Waals surface area contributed by atoms with Crippen molar-refractivity contribution in [2.75, 3.05) is 13.2 Å². The van der Waals surface area contributed by atoms with Crippen molar-refractivity contribution in [1.82, 2.24) is 5.32 Å². The lowest BCUT2D eigenvalue weighted by Gasteiger charge is -2.38. The molecule has 114 valence electrons. The van der Waals surface area contributed by atoms with E-state index in [1.807, 2.05) is 24.3 Å². The Morgan fingerprint density at radius 1 is 1.29 bits per heavy atom. The van der Waals surface area contributed by atoms with E-state index in [4.69, 9.17) is 4.74 Å². The van der Waals surface area contributed by atoms with Gasteiger partial charge in [0.2, 0.25) is 5.91 Å². The Labute approximate surface area is 125 Å². The summed E-state index contributed by atoms with van der Waals surface area (Å²) < 4.78 is 5.69. The van der Waals surface area contributed by atoms with Crippen LogP contribution in [0.5, 0.6) is 5.75 Å². The minimum Gasteiger partial charge on any atom is -0.492 e. The van der Waals surface area contributed by atoms with Crippen LogP contribution in [0.3, 0.4) is 0 Å². The van der Waals surface area contributed by atoms with Crippen molar-refractivity contribution >= 4 is 5.91 Å². The van der Waals surface area contributed by atoms with Crippen LogP contribution in [0.1, 0.15) is 37.7 Å². The fraction of sp³-hybridized carbons (Fsp3) is 0.588. The average molecular weight is 289 g/mol. The molecule has 1 atom stereocenters. The van der Waals surface area contributed by atoms with Crippen LogP contribution < -0.4 is 10.1 Å². The van der Waals surface area contributed by atoms with E-state index >= 15 is 0 Å². The van der Waals surface area contributed by atoms with Crippen molar-refractivity contribution in [1.29, 1.82) is 0 Å². The van der Waals surface area contributed by atoms with Gasteiger partial charge in [0, 0.05) is 0 Å². The number of hydrogen-bond donors (Lipinski definition) is 2. The number of nitrogens with one attached hydrogen (secondary N) is 1. The number of rotatable bonds is 3. The highest BCUT2D eigenvalue weighted by molar-refractivity contribution is 5.80. The van der Waals surface area contributed by atoms with Crippen LogP contribution in [-0.2, 0) is 11.2 Å². The lowest BCUT2D eigenvalue weighted by molar-refractivity contribution is -0.129. The monoisotopic (exact) mass is 289 g/mol. The van der Waals surface area contributed by atoms with Gasteiger partial charge in [-0.1, -0.05) is 37.5 Å². The Morgan fingerprint density at radius 2 is 2.05 bits per heavy atom. The minimum atomic E-state index is -0.410. The highest BCUT2D eigenvalue weighted by atomic mass is 16.5. The second kappa shape index (κ2) is 6.06. The minimum absolute atomic E-state index is 0.0143. The van der Waals surface area contributed by atoms with E-state index < -0.39 is 5.54 Å². The molecule has 3 rings (SSSR count). The SMILES string of the molecule is O=C(NC1(CO)CCCCC1)C1COc2ccccc2C1. The van der Waals surface area contributed by atoms with Crippen molar-refractivity contribution in [2.45, 2.75) is 44.1 Å². The lowest BCUT2D eigenvalue weighted by atomic mass is 9.81. The molecular formula is C17H23NO3. The number of hydrogen-bond acceptors (Lipinski definition) is 3. The molecule has 0 saturated heterocycles. The van der Waals surface area contributed by atoms with Gasteiger partial charge in [0.05, 0.1) is 18.1 Å². The third kappa shape index (κ3) is 3.05. The first kappa shape index (κ1) is 14.4. The van der Waals surface area contributed by atoms with Gasteiger partial charge in [-0.25, -0.2) is 0 Å². The maximum atomic E-state index is 12.5. The predicted molar refractivity (Wildman–Crippen MR) is 80.2 cm³/mol. The van der Waals surface area contributed by atoms with Crippen LogP contribution in [0.25, 0.3) is 0 Å². The fourth-order valence-corrected chi connectivity index (χ4v) is 3.41. The molecule has 1 aliphatic heterocycles. The molecule has 1 amide bonds. The van der Waals surface area contributed by atoms with Crippen molar-refractivity contribution in [3.05, 3.63) is 29.8 Å². The molecule has 0 spiro atoms. The van der Waals surface area contributed by atoms with Gasteiger partial charge in [0.15, 0.2) is 0 Å². The molecule has 2 aliphatic rings. The van der Waals surface area contributed by atoms with Crippen LogP contribution in [0.4, 0.5) is 0 Å². The molecule has 1 aliphatic carbocycles. The number of ether oxygens (including phenoxy) is 1. The maximum absolute atomic E-state index is 12.5. The lowest BCUT2D eigenvalue weighted by Crippen LogP contribution is -2.55. The van der Waals surface area contributed by atoms with E-state index in [0.29, 0.717) is 13.0 Å². The van der Waals surface area contributed by atoms with E-state index in [2.05, 4.69) is 5.32 Å². The molecular weight excluding hydrogens is 266 g/mol. The molecule has 4 heteroatoms. The van der Waals surface area contributed by atoms with Crippen LogP contribution in [0.2, 0.25) is 0 Å². The number of amides is 1. The summed E-state index contributed by atoms with van der Waals surface area (Å²) in [5, 5.41) is 12.8. The fourth-order valence-electron chi connectivity index (χ4n) is 3.41. The standard InChI is InChI=1S/C17H23NO3/c19-12-17(8-4-1-5-9-17)18-16(20)14-10-13-6-2-3-7-15(13)21-11-14/h2-3,6-7,14,19H,1,4-5,8-12H2,(H,18,20). The molecule has 0 aromatic heterocycles. The van der Waals surface area contributed by atoms with Gasteiger partial charge in [0.25, 0.3) is 0 Å². The third-order valence-electron chi connectivity index (χ3n) is 4.75. The molecule has 0 radical (unpaired) electrons. The maximum Gasteiger partial charge on any atom is 0.227 e. The number of aliphatic hydroxyl groups is 1. The van der Waals surface area contributed by atoms with Gasteiger partial charge in [-0.05, 0) is 30.9 Å². The normalized spacial score (nSPS) is 23.8. The summed E-state index contributed by atoms with van der Waals surface area (Å²) in [6, 6.07) is 7.87. The molecule has 1 saturated carbocycles. The molecule has 1 aromatic rings. The summed E-state index contributed by atoms with van der Waals surface area (Å²) in [5.74, 6) is 0.738. The highest BCUT2D eigenvalue weighted by Crippen LogP contribution is 2.30. The molecule has 2 N–H and O–H groups in total. The van der Waals surface area contributed by atoms with E-state index in [9.17, 15) is 9.90 Å². The number of benzene rings is 1. The summed E-state index contributed by atoms with van der Waals surface area (Å²) >= 11 is 0. The van der Waals surface area contributed by atoms with E-state index in [1.54, 1.807) is 0 Å². The number of para-hydroxylation sites is 1. The molecule has 4 nitrogen and oxygen atoms in total. The molecule has 1 aromatic carbocycles. The topological polar surface area (TPSA) is 58.6 Å². The van der Waals surface area contributed by atoms with Crippen molar-refractivity contribution in [2.24, 2.45) is 5.92 Å². The van der Waals surface area contributed by atoms with Gasteiger partial charge in [0.1, 0.15) is 12.4 Å². The summed E-state index contributed by atoms with van der Waals surface area (Å²) in [5.41, 5.74) is 0.678. The van der Waals surface area contributed by atoms with Gasteiger partial charge < -0.3 is 15.2 Å². The summed E-state index contributed by atoms with van der Waals surface area (Å²) in [4.78, 5) is 12.5. The summed E-state index contributed by atoms with van der Waals surface area (Å²) in [7, 11) is 0. The third-order valence-corrected chi connectivity index (χ3v) is 4.75. The van der Waals surface area contributed by atoms with E-state index in [-0.39, 0.29) is 18.4 Å². The first-order chi connectivity index (χ1) is 10.2. The van der Waals surface area contributed by atoms with Gasteiger partial charge in [-0.2, -0.15) is 0 Å². The zero-order valence-corrected chi connectivity index (χ0v) is 12.3. The summed E-state index contributed by atoms with van der Waals surface area (Å²) in [6.07, 6.45) is 5.80. The second-order valence-corrected chi connectivity index (χ2v) is 6.31. The number of carbonyl (C=O) groups excluding carboxylic acids is 1. The van der Waals surface area contributed by atoms with Gasteiger partial charge >= 0.3 is 0 Å².